The maximum absolute atomic E-state index is 14.1. The van der Waals surface area contributed by atoms with E-state index >= 15 is 0 Å². The number of aromatic nitrogens is 3. The zero-order valence-corrected chi connectivity index (χ0v) is 19.4. The number of hydrogen-bond donors (Lipinski definition) is 1. The Morgan fingerprint density at radius 2 is 2.09 bits per heavy atom. The quantitative estimate of drug-likeness (QED) is 0.754. The summed E-state index contributed by atoms with van der Waals surface area (Å²) in [5, 5.41) is 14.3. The SMILES string of the molecule is CC(C)n1nccc1[C@@H]1CN(C(=O)C2CC(O)C2)C[C@@]12CCCN(Cc1cccnc1)C2=O. The lowest BCUT2D eigenvalue weighted by Gasteiger charge is -2.42. The number of nitrogens with zero attached hydrogens (tertiary/aromatic N) is 5. The molecule has 2 amide bonds. The fourth-order valence-corrected chi connectivity index (χ4v) is 5.98. The summed E-state index contributed by atoms with van der Waals surface area (Å²) >= 11 is 0. The Morgan fingerprint density at radius 3 is 2.79 bits per heavy atom. The third kappa shape index (κ3) is 3.84. The van der Waals surface area contributed by atoms with Gasteiger partial charge in [0.25, 0.3) is 0 Å². The second-order valence-corrected chi connectivity index (χ2v) is 10.2. The largest absolute Gasteiger partial charge is 0.393 e. The molecule has 3 fully saturated rings. The lowest BCUT2D eigenvalue weighted by Crippen LogP contribution is -2.52. The molecule has 0 radical (unpaired) electrons. The van der Waals surface area contributed by atoms with Crippen LogP contribution in [0.1, 0.15) is 62.7 Å². The van der Waals surface area contributed by atoms with E-state index in [1.165, 1.54) is 0 Å². The summed E-state index contributed by atoms with van der Waals surface area (Å²) in [5.41, 5.74) is 1.40. The summed E-state index contributed by atoms with van der Waals surface area (Å²) in [4.78, 5) is 35.4. The number of pyridine rings is 1. The number of amides is 2. The molecule has 176 valence electrons. The lowest BCUT2D eigenvalue weighted by molar-refractivity contribution is -0.149. The third-order valence-corrected chi connectivity index (χ3v) is 7.72. The molecule has 33 heavy (non-hydrogen) atoms. The van der Waals surface area contributed by atoms with Crippen molar-refractivity contribution in [2.75, 3.05) is 19.6 Å². The lowest BCUT2D eigenvalue weighted by atomic mass is 9.70. The van der Waals surface area contributed by atoms with Crippen LogP contribution >= 0.6 is 0 Å². The van der Waals surface area contributed by atoms with E-state index in [2.05, 4.69) is 23.9 Å². The summed E-state index contributed by atoms with van der Waals surface area (Å²) in [5.74, 6) is -0.0189. The van der Waals surface area contributed by atoms with Crippen LogP contribution < -0.4 is 0 Å². The zero-order chi connectivity index (χ0) is 23.2. The van der Waals surface area contributed by atoms with Gasteiger partial charge in [-0.25, -0.2) is 0 Å². The molecule has 2 atom stereocenters. The Morgan fingerprint density at radius 1 is 1.27 bits per heavy atom. The minimum absolute atomic E-state index is 0.0787. The van der Waals surface area contributed by atoms with Crippen molar-refractivity contribution < 1.29 is 14.7 Å². The van der Waals surface area contributed by atoms with Gasteiger partial charge in [-0.05, 0) is 57.2 Å². The molecule has 0 aromatic carbocycles. The van der Waals surface area contributed by atoms with Crippen molar-refractivity contribution in [1.29, 1.82) is 0 Å². The molecule has 2 saturated heterocycles. The Hall–Kier alpha value is -2.74. The molecule has 8 heteroatoms. The standard InChI is InChI=1S/C25H33N5O3/c1-17(2)30-22(6-9-27-30)21-15-29(23(32)19-11-20(31)12-19)16-25(21)7-4-10-28(24(25)33)14-18-5-3-8-26-13-18/h3,5-6,8-9,13,17,19-21,31H,4,7,10-12,14-16H2,1-2H3/t19?,20?,21-,25-/m0/s1. The first-order valence-electron chi connectivity index (χ1n) is 12.1. The van der Waals surface area contributed by atoms with Crippen molar-refractivity contribution in [2.24, 2.45) is 11.3 Å². The van der Waals surface area contributed by atoms with Gasteiger partial charge in [-0.2, -0.15) is 5.10 Å². The van der Waals surface area contributed by atoms with Gasteiger partial charge in [0, 0.05) is 68.3 Å². The van der Waals surface area contributed by atoms with Crippen LogP contribution in [0.4, 0.5) is 0 Å². The molecule has 1 N–H and O–H groups in total. The number of carbonyl (C=O) groups excluding carboxylic acids is 2. The molecule has 4 heterocycles. The molecule has 0 bridgehead atoms. The first-order valence-corrected chi connectivity index (χ1v) is 12.1. The zero-order valence-electron chi connectivity index (χ0n) is 19.4. The van der Waals surface area contributed by atoms with Gasteiger partial charge in [0.2, 0.25) is 11.8 Å². The minimum atomic E-state index is -0.648. The van der Waals surface area contributed by atoms with E-state index in [9.17, 15) is 14.7 Å². The van der Waals surface area contributed by atoms with Crippen LogP contribution in [0.3, 0.4) is 0 Å². The highest BCUT2D eigenvalue weighted by molar-refractivity contribution is 5.88. The van der Waals surface area contributed by atoms with Crippen molar-refractivity contribution in [3.05, 3.63) is 48.0 Å². The highest BCUT2D eigenvalue weighted by Crippen LogP contribution is 2.50. The predicted octanol–water partition coefficient (Wildman–Crippen LogP) is 2.36. The highest BCUT2D eigenvalue weighted by Gasteiger charge is 2.57. The van der Waals surface area contributed by atoms with Crippen LogP contribution in [0.25, 0.3) is 0 Å². The summed E-state index contributed by atoms with van der Waals surface area (Å²) < 4.78 is 2.00. The van der Waals surface area contributed by atoms with E-state index in [4.69, 9.17) is 0 Å². The number of carbonyl (C=O) groups is 2. The highest BCUT2D eigenvalue weighted by atomic mass is 16.3. The molecule has 5 rings (SSSR count). The minimum Gasteiger partial charge on any atom is -0.393 e. The molecule has 2 aromatic heterocycles. The fraction of sp³-hybridized carbons (Fsp3) is 0.600. The van der Waals surface area contributed by atoms with Gasteiger partial charge in [0.15, 0.2) is 0 Å². The van der Waals surface area contributed by atoms with E-state index in [-0.39, 0.29) is 35.8 Å². The summed E-state index contributed by atoms with van der Waals surface area (Å²) in [6.45, 7) is 6.40. The van der Waals surface area contributed by atoms with Gasteiger partial charge < -0.3 is 14.9 Å². The second kappa shape index (κ2) is 8.56. The molecule has 1 spiro atoms. The molecule has 3 aliphatic rings. The van der Waals surface area contributed by atoms with Crippen molar-refractivity contribution >= 4 is 11.8 Å². The maximum Gasteiger partial charge on any atom is 0.231 e. The van der Waals surface area contributed by atoms with Crippen LogP contribution in [0.5, 0.6) is 0 Å². The van der Waals surface area contributed by atoms with E-state index in [1.807, 2.05) is 38.9 Å². The van der Waals surface area contributed by atoms with Gasteiger partial charge in [-0.15, -0.1) is 0 Å². The summed E-state index contributed by atoms with van der Waals surface area (Å²) in [6.07, 6.45) is 7.70. The Bertz CT molecular complexity index is 1020. The van der Waals surface area contributed by atoms with Crippen LogP contribution in [-0.2, 0) is 16.1 Å². The normalized spacial score (nSPS) is 29.7. The number of piperidine rings is 1. The third-order valence-electron chi connectivity index (χ3n) is 7.72. The molecule has 2 aliphatic heterocycles. The molecule has 0 unspecified atom stereocenters. The van der Waals surface area contributed by atoms with Gasteiger partial charge in [-0.1, -0.05) is 6.07 Å². The second-order valence-electron chi connectivity index (χ2n) is 10.2. The summed E-state index contributed by atoms with van der Waals surface area (Å²) in [7, 11) is 0. The number of likely N-dealkylation sites (tertiary alicyclic amines) is 2. The number of aliphatic hydroxyl groups is 1. The van der Waals surface area contributed by atoms with Crippen LogP contribution in [0.2, 0.25) is 0 Å². The average Bonchev–Trinajstić information content (AvgIpc) is 3.41. The Labute approximate surface area is 194 Å². The molecular weight excluding hydrogens is 418 g/mol. The number of hydrogen-bond acceptors (Lipinski definition) is 5. The Balaban J connectivity index is 1.48. The monoisotopic (exact) mass is 451 g/mol. The first kappa shape index (κ1) is 22.1. The van der Waals surface area contributed by atoms with E-state index in [0.717, 1.165) is 24.1 Å². The van der Waals surface area contributed by atoms with E-state index in [0.29, 0.717) is 39.0 Å². The van der Waals surface area contributed by atoms with Gasteiger partial charge in [0.1, 0.15) is 0 Å². The molecular formula is C25H33N5O3. The average molecular weight is 452 g/mol. The molecule has 1 saturated carbocycles. The van der Waals surface area contributed by atoms with Crippen molar-refractivity contribution in [3.63, 3.8) is 0 Å². The van der Waals surface area contributed by atoms with E-state index in [1.54, 1.807) is 12.4 Å². The summed E-state index contributed by atoms with van der Waals surface area (Å²) in [6, 6.07) is 6.08. The van der Waals surface area contributed by atoms with Gasteiger partial charge in [0.05, 0.1) is 11.5 Å². The van der Waals surface area contributed by atoms with Crippen LogP contribution in [-0.4, -0.2) is 67.2 Å². The molecule has 8 nitrogen and oxygen atoms in total. The number of rotatable bonds is 5. The van der Waals surface area contributed by atoms with Crippen LogP contribution in [0, 0.1) is 11.3 Å². The molecule has 2 aromatic rings. The smallest absolute Gasteiger partial charge is 0.231 e. The predicted molar refractivity (Wildman–Crippen MR) is 122 cm³/mol. The van der Waals surface area contributed by atoms with Crippen LogP contribution in [0.15, 0.2) is 36.8 Å². The van der Waals surface area contributed by atoms with E-state index < -0.39 is 5.41 Å². The van der Waals surface area contributed by atoms with Crippen molar-refractivity contribution in [2.45, 2.75) is 64.1 Å². The fourth-order valence-electron chi connectivity index (χ4n) is 5.98. The van der Waals surface area contributed by atoms with Crippen molar-refractivity contribution in [3.8, 4) is 0 Å². The molecule has 1 aliphatic carbocycles. The van der Waals surface area contributed by atoms with Gasteiger partial charge in [-0.3, -0.25) is 19.3 Å². The maximum atomic E-state index is 14.1. The van der Waals surface area contributed by atoms with Crippen molar-refractivity contribution in [1.82, 2.24) is 24.6 Å². The topological polar surface area (TPSA) is 91.6 Å². The Kier molecular flexibility index (Phi) is 5.72. The van der Waals surface area contributed by atoms with Gasteiger partial charge >= 0.3 is 0 Å². The first-order chi connectivity index (χ1) is 15.9. The number of aliphatic hydroxyl groups excluding tert-OH is 1.